The summed E-state index contributed by atoms with van der Waals surface area (Å²) in [6.45, 7) is 4.12. The highest BCUT2D eigenvalue weighted by Crippen LogP contribution is 2.39. The number of para-hydroxylation sites is 1. The second-order valence-electron chi connectivity index (χ2n) is 9.49. The number of urea groups is 1. The number of rotatable bonds is 4. The Morgan fingerprint density at radius 1 is 1.00 bits per heavy atom. The number of aromatic nitrogens is 3. The molecule has 0 saturated carbocycles. The molecule has 190 valence electrons. The molecule has 2 amide bonds. The van der Waals surface area contributed by atoms with Crippen molar-refractivity contribution < 1.29 is 9.18 Å². The summed E-state index contributed by atoms with van der Waals surface area (Å²) in [5.74, 6) is 0.567. The molecule has 1 N–H and O–H groups in total. The van der Waals surface area contributed by atoms with Crippen molar-refractivity contribution in [2.24, 2.45) is 0 Å². The van der Waals surface area contributed by atoms with Gasteiger partial charge in [0.1, 0.15) is 11.6 Å². The summed E-state index contributed by atoms with van der Waals surface area (Å²) in [6, 6.07) is 28.2. The van der Waals surface area contributed by atoms with E-state index in [2.05, 4.69) is 16.8 Å². The predicted molar refractivity (Wildman–Crippen MR) is 146 cm³/mol. The zero-order valence-corrected chi connectivity index (χ0v) is 21.3. The van der Waals surface area contributed by atoms with Gasteiger partial charge in [-0.2, -0.15) is 5.10 Å². The first-order valence-corrected chi connectivity index (χ1v) is 12.8. The Bertz CT molecular complexity index is 1610. The topological polar surface area (TPSA) is 55.1 Å². The van der Waals surface area contributed by atoms with Crippen molar-refractivity contribution in [1.29, 1.82) is 0 Å². The van der Waals surface area contributed by atoms with Crippen LogP contribution in [0.15, 0.2) is 97.2 Å². The van der Waals surface area contributed by atoms with Crippen LogP contribution in [0.3, 0.4) is 0 Å². The highest BCUT2D eigenvalue weighted by molar-refractivity contribution is 5.90. The maximum atomic E-state index is 14.3. The lowest BCUT2D eigenvalue weighted by Crippen LogP contribution is -2.38. The molecule has 7 heteroatoms. The molecule has 0 bridgehead atoms. The SMILES string of the molecule is CCc1nn(-c2ccccc2)c2c1CN(C(=O)Nc1ccc(C)c(F)c1)[C@@H](c1ccccc1)c1cccn1-2. The zero-order valence-electron chi connectivity index (χ0n) is 21.3. The molecule has 1 atom stereocenters. The quantitative estimate of drug-likeness (QED) is 0.292. The molecule has 0 spiro atoms. The van der Waals surface area contributed by atoms with Crippen LogP contribution in [0.4, 0.5) is 14.9 Å². The number of carbonyl (C=O) groups excluding carboxylic acids is 1. The van der Waals surface area contributed by atoms with Crippen LogP contribution in [0.1, 0.15) is 41.0 Å². The number of anilines is 1. The van der Waals surface area contributed by atoms with E-state index in [0.717, 1.165) is 34.0 Å². The molecule has 0 unspecified atom stereocenters. The molecule has 1 aliphatic heterocycles. The van der Waals surface area contributed by atoms with E-state index in [1.807, 2.05) is 88.6 Å². The predicted octanol–water partition coefficient (Wildman–Crippen LogP) is 6.81. The average molecular weight is 506 g/mol. The molecule has 0 radical (unpaired) electrons. The number of benzene rings is 3. The van der Waals surface area contributed by atoms with Crippen LogP contribution in [0.2, 0.25) is 0 Å². The van der Waals surface area contributed by atoms with Gasteiger partial charge in [-0.1, -0.05) is 61.5 Å². The van der Waals surface area contributed by atoms with Crippen LogP contribution < -0.4 is 5.32 Å². The number of nitrogens with one attached hydrogen (secondary N) is 1. The molecule has 5 aromatic rings. The van der Waals surface area contributed by atoms with Crippen molar-refractivity contribution in [3.05, 3.63) is 131 Å². The minimum Gasteiger partial charge on any atom is -0.308 e. The van der Waals surface area contributed by atoms with Crippen LogP contribution in [-0.4, -0.2) is 25.3 Å². The third kappa shape index (κ3) is 4.06. The van der Waals surface area contributed by atoms with E-state index in [0.29, 0.717) is 24.2 Å². The summed E-state index contributed by atoms with van der Waals surface area (Å²) >= 11 is 0. The Labute approximate surface area is 221 Å². The monoisotopic (exact) mass is 505 g/mol. The van der Waals surface area contributed by atoms with Gasteiger partial charge in [0.05, 0.1) is 29.7 Å². The van der Waals surface area contributed by atoms with Crippen LogP contribution in [0, 0.1) is 12.7 Å². The molecular formula is C31H28FN5O. The number of hydrogen-bond donors (Lipinski definition) is 1. The lowest BCUT2D eigenvalue weighted by molar-refractivity contribution is 0.194. The summed E-state index contributed by atoms with van der Waals surface area (Å²) < 4.78 is 18.4. The second-order valence-corrected chi connectivity index (χ2v) is 9.49. The summed E-state index contributed by atoms with van der Waals surface area (Å²) in [5.41, 5.74) is 5.74. The number of carbonyl (C=O) groups is 1. The summed E-state index contributed by atoms with van der Waals surface area (Å²) in [4.78, 5) is 15.8. The Kier molecular flexibility index (Phi) is 6.04. The van der Waals surface area contributed by atoms with E-state index in [1.54, 1.807) is 19.1 Å². The molecular weight excluding hydrogens is 477 g/mol. The summed E-state index contributed by atoms with van der Waals surface area (Å²) in [5, 5.41) is 7.93. The van der Waals surface area contributed by atoms with Gasteiger partial charge in [0.15, 0.2) is 0 Å². The number of fused-ring (bicyclic) bond motifs is 3. The van der Waals surface area contributed by atoms with E-state index in [9.17, 15) is 9.18 Å². The van der Waals surface area contributed by atoms with Crippen molar-refractivity contribution in [3.8, 4) is 11.5 Å². The van der Waals surface area contributed by atoms with Gasteiger partial charge in [-0.05, 0) is 60.9 Å². The smallest absolute Gasteiger partial charge is 0.308 e. The zero-order chi connectivity index (χ0) is 26.2. The number of amides is 2. The third-order valence-electron chi connectivity index (χ3n) is 7.10. The van der Waals surface area contributed by atoms with Gasteiger partial charge >= 0.3 is 6.03 Å². The molecule has 6 nitrogen and oxygen atoms in total. The Morgan fingerprint density at radius 3 is 2.45 bits per heavy atom. The largest absolute Gasteiger partial charge is 0.322 e. The fraction of sp³-hybridized carbons (Fsp3) is 0.161. The number of nitrogens with zero attached hydrogens (tertiary/aromatic N) is 4. The number of hydrogen-bond acceptors (Lipinski definition) is 2. The average Bonchev–Trinajstić information content (AvgIpc) is 3.53. The van der Waals surface area contributed by atoms with Crippen molar-refractivity contribution in [1.82, 2.24) is 19.2 Å². The summed E-state index contributed by atoms with van der Waals surface area (Å²) in [7, 11) is 0. The van der Waals surface area contributed by atoms with Gasteiger partial charge in [-0.15, -0.1) is 0 Å². The lowest BCUT2D eigenvalue weighted by Gasteiger charge is -2.31. The van der Waals surface area contributed by atoms with Crippen molar-refractivity contribution in [3.63, 3.8) is 0 Å². The van der Waals surface area contributed by atoms with Crippen LogP contribution in [0.25, 0.3) is 11.5 Å². The number of aryl methyl sites for hydroxylation is 2. The van der Waals surface area contributed by atoms with Crippen LogP contribution >= 0.6 is 0 Å². The van der Waals surface area contributed by atoms with Gasteiger partial charge in [0.2, 0.25) is 0 Å². The third-order valence-corrected chi connectivity index (χ3v) is 7.10. The fourth-order valence-corrected chi connectivity index (χ4v) is 5.20. The minimum atomic E-state index is -0.372. The van der Waals surface area contributed by atoms with Gasteiger partial charge in [-0.3, -0.25) is 0 Å². The van der Waals surface area contributed by atoms with E-state index in [4.69, 9.17) is 5.10 Å². The first kappa shape index (κ1) is 23.7. The Morgan fingerprint density at radius 2 is 1.74 bits per heavy atom. The minimum absolute atomic E-state index is 0.308. The van der Waals surface area contributed by atoms with Gasteiger partial charge in [0.25, 0.3) is 0 Å². The molecule has 3 aromatic carbocycles. The molecule has 0 saturated heterocycles. The van der Waals surface area contributed by atoms with Gasteiger partial charge in [0, 0.05) is 17.4 Å². The van der Waals surface area contributed by atoms with Gasteiger partial charge < -0.3 is 14.8 Å². The number of halogens is 1. The van der Waals surface area contributed by atoms with E-state index in [-0.39, 0.29) is 17.9 Å². The second kappa shape index (κ2) is 9.67. The van der Waals surface area contributed by atoms with Crippen molar-refractivity contribution in [2.45, 2.75) is 32.9 Å². The lowest BCUT2D eigenvalue weighted by atomic mass is 10.0. The van der Waals surface area contributed by atoms with E-state index in [1.165, 1.54) is 6.07 Å². The standard InChI is InChI=1S/C31H28FN5O/c1-3-27-25-20-36(31(38)33-23-17-16-21(2)26(32)19-23)29(22-11-6-4-7-12-22)28-15-10-18-35(28)30(25)37(34-27)24-13-8-5-9-14-24/h4-19,29H,3,20H2,1-2H3,(H,33,38)/t29-/m0/s1. The van der Waals surface area contributed by atoms with Gasteiger partial charge in [-0.25, -0.2) is 13.9 Å². The Balaban J connectivity index is 1.53. The fourth-order valence-electron chi connectivity index (χ4n) is 5.20. The van der Waals surface area contributed by atoms with Crippen LogP contribution in [-0.2, 0) is 13.0 Å². The molecule has 38 heavy (non-hydrogen) atoms. The van der Waals surface area contributed by atoms with Crippen LogP contribution in [0.5, 0.6) is 0 Å². The van der Waals surface area contributed by atoms with E-state index < -0.39 is 0 Å². The molecule has 3 heterocycles. The molecule has 2 aromatic heterocycles. The maximum absolute atomic E-state index is 14.3. The molecule has 1 aliphatic rings. The maximum Gasteiger partial charge on any atom is 0.322 e. The molecule has 0 aliphatic carbocycles. The first-order chi connectivity index (χ1) is 18.5. The summed E-state index contributed by atoms with van der Waals surface area (Å²) in [6.07, 6.45) is 2.74. The van der Waals surface area contributed by atoms with Crippen molar-refractivity contribution in [2.75, 3.05) is 5.32 Å². The first-order valence-electron chi connectivity index (χ1n) is 12.8. The highest BCUT2D eigenvalue weighted by atomic mass is 19.1. The molecule has 0 fully saturated rings. The molecule has 6 rings (SSSR count). The van der Waals surface area contributed by atoms with E-state index >= 15 is 0 Å². The normalized spacial score (nSPS) is 14.5. The highest BCUT2D eigenvalue weighted by Gasteiger charge is 2.36. The van der Waals surface area contributed by atoms with Crippen molar-refractivity contribution >= 4 is 11.7 Å². The Hall–Kier alpha value is -4.65.